The van der Waals surface area contributed by atoms with Crippen molar-refractivity contribution in [2.24, 2.45) is 5.73 Å². The largest absolute Gasteiger partial charge is 0.331 e. The van der Waals surface area contributed by atoms with Gasteiger partial charge in [0.1, 0.15) is 0 Å². The topological polar surface area (TPSA) is 26.0 Å². The lowest BCUT2D eigenvalue weighted by atomic mass is 10.8. The molecular formula is C4H11ClF3N. The zero-order chi connectivity index (χ0) is 6.99. The first kappa shape index (κ1) is 16.0. The Balaban J connectivity index is -0.0000000800. The predicted octanol–water partition coefficient (Wildman–Crippen LogP) is 1.61. The number of hydrogen-bond acceptors (Lipinski definition) is 1. The van der Waals surface area contributed by atoms with Gasteiger partial charge in [0.15, 0.2) is 6.67 Å². The SMILES string of the molecule is CCN.Cl.FCC(F)F. The summed E-state index contributed by atoms with van der Waals surface area (Å²) >= 11 is 0. The van der Waals surface area contributed by atoms with Gasteiger partial charge < -0.3 is 5.73 Å². The van der Waals surface area contributed by atoms with Gasteiger partial charge in [-0.05, 0) is 6.54 Å². The van der Waals surface area contributed by atoms with E-state index in [1.807, 2.05) is 6.92 Å². The maximum Gasteiger partial charge on any atom is 0.266 e. The molecule has 0 unspecified atom stereocenters. The molecule has 0 saturated carbocycles. The fraction of sp³-hybridized carbons (Fsp3) is 1.00. The van der Waals surface area contributed by atoms with Gasteiger partial charge in [-0.3, -0.25) is 0 Å². The van der Waals surface area contributed by atoms with Gasteiger partial charge in [-0.2, -0.15) is 0 Å². The van der Waals surface area contributed by atoms with Crippen molar-refractivity contribution in [1.29, 1.82) is 0 Å². The number of alkyl halides is 3. The van der Waals surface area contributed by atoms with Crippen LogP contribution in [0.1, 0.15) is 6.92 Å². The van der Waals surface area contributed by atoms with Gasteiger partial charge in [0, 0.05) is 0 Å². The molecule has 0 aromatic heterocycles. The summed E-state index contributed by atoms with van der Waals surface area (Å²) in [5.74, 6) is 0. The average molecular weight is 166 g/mol. The van der Waals surface area contributed by atoms with Crippen molar-refractivity contribution >= 4 is 12.4 Å². The third-order valence-corrected chi connectivity index (χ3v) is 0.117. The molecule has 0 saturated heterocycles. The molecular weight excluding hydrogens is 154 g/mol. The van der Waals surface area contributed by atoms with Crippen molar-refractivity contribution in [2.45, 2.75) is 13.3 Å². The zero-order valence-electron chi connectivity index (χ0n) is 5.11. The van der Waals surface area contributed by atoms with E-state index in [4.69, 9.17) is 5.73 Å². The molecule has 0 bridgehead atoms. The molecule has 0 aromatic rings. The fourth-order valence-corrected chi connectivity index (χ4v) is 0. The van der Waals surface area contributed by atoms with Crippen LogP contribution in [0.15, 0.2) is 0 Å². The van der Waals surface area contributed by atoms with Crippen LogP contribution in [-0.2, 0) is 0 Å². The molecule has 9 heavy (non-hydrogen) atoms. The van der Waals surface area contributed by atoms with Crippen LogP contribution in [0.5, 0.6) is 0 Å². The van der Waals surface area contributed by atoms with Crippen molar-refractivity contribution in [3.63, 3.8) is 0 Å². The highest BCUT2D eigenvalue weighted by Gasteiger charge is 1.95. The Kier molecular flexibility index (Phi) is 27.9. The summed E-state index contributed by atoms with van der Waals surface area (Å²) in [4.78, 5) is 0. The minimum absolute atomic E-state index is 0. The molecule has 0 aliphatic heterocycles. The Bertz CT molecular complexity index is 37.0. The van der Waals surface area contributed by atoms with Crippen molar-refractivity contribution in [1.82, 2.24) is 0 Å². The summed E-state index contributed by atoms with van der Waals surface area (Å²) in [5, 5.41) is 0. The van der Waals surface area contributed by atoms with Crippen LogP contribution in [0.2, 0.25) is 0 Å². The highest BCUT2D eigenvalue weighted by atomic mass is 35.5. The first-order valence-electron chi connectivity index (χ1n) is 2.23. The molecule has 0 amide bonds. The number of halogens is 4. The van der Waals surface area contributed by atoms with Crippen molar-refractivity contribution in [2.75, 3.05) is 13.2 Å². The minimum Gasteiger partial charge on any atom is -0.331 e. The second-order valence-corrected chi connectivity index (χ2v) is 0.954. The standard InChI is InChI=1S/C2H3F3.C2H7N.ClH/c3-1-2(4)5;1-2-3;/h2H,1H2;2-3H2,1H3;1H. The van der Waals surface area contributed by atoms with Crippen LogP contribution in [-0.4, -0.2) is 19.6 Å². The molecule has 0 aliphatic rings. The quantitative estimate of drug-likeness (QED) is 0.628. The molecule has 0 aromatic carbocycles. The van der Waals surface area contributed by atoms with Crippen molar-refractivity contribution < 1.29 is 13.2 Å². The molecule has 0 atom stereocenters. The van der Waals surface area contributed by atoms with Crippen LogP contribution < -0.4 is 5.73 Å². The van der Waals surface area contributed by atoms with E-state index in [0.29, 0.717) is 0 Å². The summed E-state index contributed by atoms with van der Waals surface area (Å²) in [6, 6.07) is 0. The lowest BCUT2D eigenvalue weighted by Crippen LogP contribution is -1.88. The number of nitrogens with two attached hydrogens (primary N) is 1. The molecule has 2 N–H and O–H groups in total. The van der Waals surface area contributed by atoms with Crippen LogP contribution in [0, 0.1) is 0 Å². The second-order valence-electron chi connectivity index (χ2n) is 0.954. The van der Waals surface area contributed by atoms with Gasteiger partial charge in [-0.25, -0.2) is 13.2 Å². The molecule has 0 radical (unpaired) electrons. The van der Waals surface area contributed by atoms with Crippen LogP contribution >= 0.6 is 12.4 Å². The van der Waals surface area contributed by atoms with Gasteiger partial charge in [0.25, 0.3) is 6.43 Å². The van der Waals surface area contributed by atoms with Gasteiger partial charge in [-0.15, -0.1) is 12.4 Å². The molecule has 0 aliphatic carbocycles. The molecule has 60 valence electrons. The third kappa shape index (κ3) is 70.5. The minimum atomic E-state index is -2.78. The van der Waals surface area contributed by atoms with Crippen molar-refractivity contribution in [3.8, 4) is 0 Å². The predicted molar refractivity (Wildman–Crippen MR) is 34.0 cm³/mol. The molecule has 0 heterocycles. The molecule has 0 fully saturated rings. The van der Waals surface area contributed by atoms with Crippen LogP contribution in [0.3, 0.4) is 0 Å². The first-order valence-corrected chi connectivity index (χ1v) is 2.23. The summed E-state index contributed by atoms with van der Waals surface area (Å²) < 4.78 is 31.1. The van der Waals surface area contributed by atoms with E-state index in [0.717, 1.165) is 6.54 Å². The zero-order valence-corrected chi connectivity index (χ0v) is 5.93. The van der Waals surface area contributed by atoms with E-state index in [9.17, 15) is 13.2 Å². The van der Waals surface area contributed by atoms with E-state index in [1.165, 1.54) is 0 Å². The smallest absolute Gasteiger partial charge is 0.266 e. The van der Waals surface area contributed by atoms with Gasteiger partial charge >= 0.3 is 0 Å². The van der Waals surface area contributed by atoms with E-state index in [2.05, 4.69) is 0 Å². The third-order valence-electron chi connectivity index (χ3n) is 0.117. The van der Waals surface area contributed by atoms with Crippen LogP contribution in [0.4, 0.5) is 13.2 Å². The van der Waals surface area contributed by atoms with Crippen molar-refractivity contribution in [3.05, 3.63) is 0 Å². The summed E-state index contributed by atoms with van der Waals surface area (Å²) in [6.45, 7) is 1.12. The Morgan fingerprint density at radius 3 is 1.56 bits per heavy atom. The van der Waals surface area contributed by atoms with E-state index < -0.39 is 13.1 Å². The molecule has 0 spiro atoms. The molecule has 1 nitrogen and oxygen atoms in total. The van der Waals surface area contributed by atoms with E-state index >= 15 is 0 Å². The average Bonchev–Trinajstić information content (AvgIpc) is 1.69. The number of rotatable bonds is 1. The molecule has 0 rings (SSSR count). The van der Waals surface area contributed by atoms with E-state index in [1.54, 1.807) is 0 Å². The monoisotopic (exact) mass is 165 g/mol. The van der Waals surface area contributed by atoms with Gasteiger partial charge in [0.2, 0.25) is 0 Å². The summed E-state index contributed by atoms with van der Waals surface area (Å²) in [5.41, 5.74) is 4.85. The number of hydrogen-bond donors (Lipinski definition) is 1. The first-order chi connectivity index (χ1) is 3.68. The Morgan fingerprint density at radius 1 is 1.44 bits per heavy atom. The maximum atomic E-state index is 10.4. The lowest BCUT2D eigenvalue weighted by Gasteiger charge is -1.78. The highest BCUT2D eigenvalue weighted by molar-refractivity contribution is 5.85. The second kappa shape index (κ2) is 15.7. The van der Waals surface area contributed by atoms with Gasteiger partial charge in [0.05, 0.1) is 0 Å². The Hall–Kier alpha value is 0.0400. The fourth-order valence-electron chi connectivity index (χ4n) is 0. The molecule has 5 heteroatoms. The van der Waals surface area contributed by atoms with Gasteiger partial charge in [-0.1, -0.05) is 6.92 Å². The summed E-state index contributed by atoms with van der Waals surface area (Å²) in [7, 11) is 0. The Morgan fingerprint density at radius 2 is 1.56 bits per heavy atom. The highest BCUT2D eigenvalue weighted by Crippen LogP contribution is 1.88. The normalized spacial score (nSPS) is 7.33. The van der Waals surface area contributed by atoms with Crippen LogP contribution in [0.25, 0.3) is 0 Å². The summed E-state index contributed by atoms with van der Waals surface area (Å²) in [6.07, 6.45) is -2.78. The lowest BCUT2D eigenvalue weighted by molar-refractivity contribution is 0.113. The maximum absolute atomic E-state index is 10.4. The Labute approximate surface area is 58.8 Å². The van der Waals surface area contributed by atoms with E-state index in [-0.39, 0.29) is 12.4 Å².